The van der Waals surface area contributed by atoms with Gasteiger partial charge in [-0.2, -0.15) is 5.26 Å². The van der Waals surface area contributed by atoms with Crippen molar-refractivity contribution in [3.05, 3.63) is 101 Å². The maximum absolute atomic E-state index is 12.2. The summed E-state index contributed by atoms with van der Waals surface area (Å²) in [6.07, 6.45) is 1.72. The Morgan fingerprint density at radius 2 is 1.56 bits per heavy atom. The zero-order valence-corrected chi connectivity index (χ0v) is 14.4. The minimum atomic E-state index is -0.254. The molecule has 128 valence electrons. The summed E-state index contributed by atoms with van der Waals surface area (Å²) in [5, 5.41) is 10.1. The van der Waals surface area contributed by atoms with Crippen LogP contribution in [0.5, 0.6) is 0 Å². The van der Waals surface area contributed by atoms with E-state index in [0.29, 0.717) is 16.5 Å². The molecule has 0 bridgehead atoms. The number of nitrogens with one attached hydrogen (secondary N) is 1. The van der Waals surface area contributed by atoms with Gasteiger partial charge in [-0.05, 0) is 34.9 Å². The Bertz CT molecular complexity index is 1230. The van der Waals surface area contributed by atoms with Gasteiger partial charge >= 0.3 is 0 Å². The second kappa shape index (κ2) is 7.11. The molecule has 0 unspecified atom stereocenters. The zero-order chi connectivity index (χ0) is 18.6. The summed E-state index contributed by atoms with van der Waals surface area (Å²) in [5.41, 5.74) is 3.72. The molecule has 0 aliphatic carbocycles. The average Bonchev–Trinajstić information content (AvgIpc) is 2.73. The Labute approximate surface area is 156 Å². The minimum Gasteiger partial charge on any atom is -0.305 e. The number of nitriles is 1. The van der Waals surface area contributed by atoms with Crippen molar-refractivity contribution in [2.75, 3.05) is 0 Å². The van der Waals surface area contributed by atoms with Gasteiger partial charge in [-0.15, -0.1) is 0 Å². The first kappa shape index (κ1) is 16.5. The van der Waals surface area contributed by atoms with Gasteiger partial charge in [-0.1, -0.05) is 66.7 Å². The Morgan fingerprint density at radius 1 is 0.889 bits per heavy atom. The highest BCUT2D eigenvalue weighted by Crippen LogP contribution is 2.21. The van der Waals surface area contributed by atoms with Crippen molar-refractivity contribution < 1.29 is 0 Å². The molecule has 4 aromatic rings. The number of fused-ring (bicyclic) bond motifs is 1. The molecular formula is C23H15N3O. The third-order valence-corrected chi connectivity index (χ3v) is 4.32. The molecule has 27 heavy (non-hydrogen) atoms. The number of allylic oxidation sites excluding steroid dienone is 1. The quantitative estimate of drug-likeness (QED) is 0.547. The molecule has 0 fully saturated rings. The first-order valence-corrected chi connectivity index (χ1v) is 8.51. The third-order valence-electron chi connectivity index (χ3n) is 4.32. The van der Waals surface area contributed by atoms with E-state index in [9.17, 15) is 10.1 Å². The molecule has 1 heterocycles. The molecule has 4 nitrogen and oxygen atoms in total. The number of para-hydroxylation sites is 1. The molecular weight excluding hydrogens is 334 g/mol. The Balaban J connectivity index is 1.72. The van der Waals surface area contributed by atoms with Gasteiger partial charge in [-0.3, -0.25) is 4.79 Å². The largest absolute Gasteiger partial charge is 0.305 e. The van der Waals surface area contributed by atoms with E-state index in [1.165, 1.54) is 0 Å². The van der Waals surface area contributed by atoms with Gasteiger partial charge < -0.3 is 4.98 Å². The summed E-state index contributed by atoms with van der Waals surface area (Å²) in [4.78, 5) is 19.4. The lowest BCUT2D eigenvalue weighted by molar-refractivity contribution is 1.13. The van der Waals surface area contributed by atoms with Gasteiger partial charge in [0.1, 0.15) is 6.07 Å². The topological polar surface area (TPSA) is 69.5 Å². The van der Waals surface area contributed by atoms with Crippen LogP contribution < -0.4 is 5.56 Å². The van der Waals surface area contributed by atoms with Crippen LogP contribution in [-0.2, 0) is 0 Å². The standard InChI is InChI=1S/C23H15N3O/c24-15-19(22-25-21-9-5-4-8-20(21)23(27)26-22)14-16-10-12-18(13-11-16)17-6-2-1-3-7-17/h1-14H,(H,25,26,27)/b19-14-. The first-order chi connectivity index (χ1) is 13.2. The van der Waals surface area contributed by atoms with E-state index < -0.39 is 0 Å². The van der Waals surface area contributed by atoms with Crippen molar-refractivity contribution in [1.29, 1.82) is 5.26 Å². The monoisotopic (exact) mass is 349 g/mol. The molecule has 0 amide bonds. The summed E-state index contributed by atoms with van der Waals surface area (Å²) in [5.74, 6) is 0.272. The Hall–Kier alpha value is -3.97. The zero-order valence-electron chi connectivity index (χ0n) is 14.4. The van der Waals surface area contributed by atoms with Gasteiger partial charge in [-0.25, -0.2) is 4.98 Å². The molecule has 0 saturated carbocycles. The summed E-state index contributed by atoms with van der Waals surface area (Å²) in [6.45, 7) is 0. The van der Waals surface area contributed by atoms with E-state index in [1.54, 1.807) is 24.3 Å². The molecule has 0 aliphatic rings. The predicted molar refractivity (Wildman–Crippen MR) is 108 cm³/mol. The molecule has 3 aromatic carbocycles. The normalized spacial score (nSPS) is 11.3. The lowest BCUT2D eigenvalue weighted by Gasteiger charge is -2.04. The van der Waals surface area contributed by atoms with Crippen LogP contribution in [0.4, 0.5) is 0 Å². The number of rotatable bonds is 3. The molecule has 4 heteroatoms. The van der Waals surface area contributed by atoms with Gasteiger partial charge in [0.2, 0.25) is 0 Å². The summed E-state index contributed by atoms with van der Waals surface area (Å²) >= 11 is 0. The van der Waals surface area contributed by atoms with Crippen molar-refractivity contribution in [2.45, 2.75) is 0 Å². The van der Waals surface area contributed by atoms with Gasteiger partial charge in [0.15, 0.2) is 5.82 Å². The maximum atomic E-state index is 12.2. The van der Waals surface area contributed by atoms with Crippen LogP contribution in [0.1, 0.15) is 11.4 Å². The van der Waals surface area contributed by atoms with Crippen LogP contribution in [0.15, 0.2) is 83.7 Å². The molecule has 0 aliphatic heterocycles. The molecule has 1 N–H and O–H groups in total. The molecule has 0 saturated heterocycles. The highest BCUT2D eigenvalue weighted by atomic mass is 16.1. The number of aromatic nitrogens is 2. The van der Waals surface area contributed by atoms with Gasteiger partial charge in [0.05, 0.1) is 16.5 Å². The summed E-state index contributed by atoms with van der Waals surface area (Å²) in [7, 11) is 0. The molecule has 4 rings (SSSR count). The maximum Gasteiger partial charge on any atom is 0.259 e. The van der Waals surface area contributed by atoms with E-state index in [0.717, 1.165) is 16.7 Å². The lowest BCUT2D eigenvalue weighted by Crippen LogP contribution is -2.11. The smallest absolute Gasteiger partial charge is 0.259 e. The van der Waals surface area contributed by atoms with E-state index in [4.69, 9.17) is 0 Å². The molecule has 0 radical (unpaired) electrons. The van der Waals surface area contributed by atoms with Crippen molar-refractivity contribution in [3.63, 3.8) is 0 Å². The fourth-order valence-electron chi connectivity index (χ4n) is 2.94. The van der Waals surface area contributed by atoms with Crippen molar-refractivity contribution in [1.82, 2.24) is 9.97 Å². The number of hydrogen-bond donors (Lipinski definition) is 1. The minimum absolute atomic E-state index is 0.254. The molecule has 1 aromatic heterocycles. The van der Waals surface area contributed by atoms with Crippen molar-refractivity contribution in [2.24, 2.45) is 0 Å². The second-order valence-corrected chi connectivity index (χ2v) is 6.09. The van der Waals surface area contributed by atoms with Crippen LogP contribution in [0.25, 0.3) is 33.7 Å². The van der Waals surface area contributed by atoms with Gasteiger partial charge in [0, 0.05) is 0 Å². The van der Waals surface area contributed by atoms with Crippen LogP contribution >= 0.6 is 0 Å². The average molecular weight is 349 g/mol. The second-order valence-electron chi connectivity index (χ2n) is 6.09. The van der Waals surface area contributed by atoms with E-state index in [1.807, 2.05) is 48.5 Å². The highest BCUT2D eigenvalue weighted by Gasteiger charge is 2.08. The van der Waals surface area contributed by atoms with Gasteiger partial charge in [0.25, 0.3) is 5.56 Å². The number of hydrogen-bond acceptors (Lipinski definition) is 3. The number of aromatic amines is 1. The lowest BCUT2D eigenvalue weighted by atomic mass is 10.0. The number of nitrogens with zero attached hydrogens (tertiary/aromatic N) is 2. The van der Waals surface area contributed by atoms with E-state index >= 15 is 0 Å². The van der Waals surface area contributed by atoms with E-state index in [2.05, 4.69) is 28.2 Å². The van der Waals surface area contributed by atoms with Crippen molar-refractivity contribution in [3.8, 4) is 17.2 Å². The summed E-state index contributed by atoms with van der Waals surface area (Å²) in [6, 6.07) is 27.2. The predicted octanol–water partition coefficient (Wildman–Crippen LogP) is 4.65. The fraction of sp³-hybridized carbons (Fsp3) is 0. The number of H-pyrrole nitrogens is 1. The van der Waals surface area contributed by atoms with Crippen LogP contribution in [0.2, 0.25) is 0 Å². The van der Waals surface area contributed by atoms with E-state index in [-0.39, 0.29) is 11.4 Å². The van der Waals surface area contributed by atoms with Crippen LogP contribution in [-0.4, -0.2) is 9.97 Å². The Morgan fingerprint density at radius 3 is 2.30 bits per heavy atom. The molecule has 0 spiro atoms. The van der Waals surface area contributed by atoms with Crippen LogP contribution in [0, 0.1) is 11.3 Å². The Kier molecular flexibility index (Phi) is 4.34. The SMILES string of the molecule is N#C/C(=C/c1ccc(-c2ccccc2)cc1)c1nc2ccccc2c(=O)[nH]1. The third kappa shape index (κ3) is 3.39. The first-order valence-electron chi connectivity index (χ1n) is 8.51. The van der Waals surface area contributed by atoms with Crippen molar-refractivity contribution >= 4 is 22.6 Å². The fourth-order valence-corrected chi connectivity index (χ4v) is 2.94. The summed E-state index contributed by atoms with van der Waals surface area (Å²) < 4.78 is 0. The molecule has 0 atom stereocenters. The highest BCUT2D eigenvalue weighted by molar-refractivity contribution is 5.89. The number of benzene rings is 3. The van der Waals surface area contributed by atoms with Crippen LogP contribution in [0.3, 0.4) is 0 Å².